The Bertz CT molecular complexity index is 482. The molecule has 1 nitrogen and oxygen atoms in total. The van der Waals surface area contributed by atoms with E-state index in [4.69, 9.17) is 0 Å². The van der Waals surface area contributed by atoms with E-state index in [1.165, 1.54) is 15.3 Å². The van der Waals surface area contributed by atoms with Crippen LogP contribution in [0.1, 0.15) is 38.1 Å². The maximum absolute atomic E-state index is 10.3. The third-order valence-electron chi connectivity index (χ3n) is 2.63. The normalized spacial score (nSPS) is 13.0. The second kappa shape index (κ2) is 4.70. The molecule has 2 aromatic heterocycles. The van der Waals surface area contributed by atoms with Crippen LogP contribution in [0.2, 0.25) is 0 Å². The molecule has 0 saturated heterocycles. The summed E-state index contributed by atoms with van der Waals surface area (Å²) < 4.78 is 0. The van der Waals surface area contributed by atoms with Gasteiger partial charge in [0.25, 0.3) is 0 Å². The van der Waals surface area contributed by atoms with E-state index in [1.807, 2.05) is 6.07 Å². The highest BCUT2D eigenvalue weighted by atomic mass is 32.1. The highest BCUT2D eigenvalue weighted by Gasteiger charge is 2.17. The summed E-state index contributed by atoms with van der Waals surface area (Å²) in [5, 5.41) is 10.3. The van der Waals surface area contributed by atoms with Crippen LogP contribution >= 0.6 is 22.7 Å². The third kappa shape index (κ3) is 2.21. The quantitative estimate of drug-likeness (QED) is 0.873. The molecule has 1 atom stereocenters. The van der Waals surface area contributed by atoms with Crippen molar-refractivity contribution < 1.29 is 5.11 Å². The number of aliphatic hydroxyl groups is 1. The van der Waals surface area contributed by atoms with Gasteiger partial charge in [-0.25, -0.2) is 0 Å². The van der Waals surface area contributed by atoms with Crippen molar-refractivity contribution in [3.63, 3.8) is 0 Å². The molecule has 3 heteroatoms. The molecule has 1 N–H and O–H groups in total. The molecule has 0 aromatic carbocycles. The summed E-state index contributed by atoms with van der Waals surface area (Å²) in [5.74, 6) is 0. The summed E-state index contributed by atoms with van der Waals surface area (Å²) >= 11 is 3.40. The molecule has 0 fully saturated rings. The number of aliphatic hydroxyl groups excluding tert-OH is 1. The van der Waals surface area contributed by atoms with Gasteiger partial charge in [-0.15, -0.1) is 22.7 Å². The standard InChI is InChI=1S/C13H16OS2/c1-4-10-5-6-11(16-10)12(14)13-8(2)7-9(3)15-13/h5-7,12,14H,4H2,1-3H3. The first-order valence-electron chi connectivity index (χ1n) is 5.45. The minimum atomic E-state index is -0.441. The summed E-state index contributed by atoms with van der Waals surface area (Å²) in [7, 11) is 0. The molecule has 2 rings (SSSR count). The molecule has 2 heterocycles. The SMILES string of the molecule is CCc1ccc(C(O)c2sc(C)cc2C)s1. The van der Waals surface area contributed by atoms with Crippen LogP contribution in [0.4, 0.5) is 0 Å². The number of hydrogen-bond donors (Lipinski definition) is 1. The van der Waals surface area contributed by atoms with Crippen molar-refractivity contribution >= 4 is 22.7 Å². The molecule has 0 amide bonds. The fraction of sp³-hybridized carbons (Fsp3) is 0.385. The summed E-state index contributed by atoms with van der Waals surface area (Å²) in [6, 6.07) is 6.29. The largest absolute Gasteiger partial charge is 0.382 e. The second-order valence-corrected chi connectivity index (χ2v) is 6.45. The minimum Gasteiger partial charge on any atom is -0.382 e. The molecule has 16 heavy (non-hydrogen) atoms. The Morgan fingerprint density at radius 2 is 2.00 bits per heavy atom. The Morgan fingerprint density at radius 1 is 1.25 bits per heavy atom. The zero-order chi connectivity index (χ0) is 11.7. The van der Waals surface area contributed by atoms with Crippen LogP contribution in [-0.2, 0) is 6.42 Å². The van der Waals surface area contributed by atoms with Crippen LogP contribution in [0.5, 0.6) is 0 Å². The van der Waals surface area contributed by atoms with Crippen LogP contribution in [0, 0.1) is 13.8 Å². The van der Waals surface area contributed by atoms with Crippen molar-refractivity contribution in [2.45, 2.75) is 33.3 Å². The number of thiophene rings is 2. The van der Waals surface area contributed by atoms with E-state index in [0.29, 0.717) is 0 Å². The molecule has 0 aliphatic rings. The van der Waals surface area contributed by atoms with E-state index >= 15 is 0 Å². The fourth-order valence-corrected chi connectivity index (χ4v) is 3.86. The van der Waals surface area contributed by atoms with Gasteiger partial charge in [0.2, 0.25) is 0 Å². The Kier molecular flexibility index (Phi) is 3.47. The molecule has 0 bridgehead atoms. The van der Waals surface area contributed by atoms with E-state index in [-0.39, 0.29) is 0 Å². The molecule has 0 radical (unpaired) electrons. The first kappa shape index (κ1) is 11.8. The average molecular weight is 252 g/mol. The van der Waals surface area contributed by atoms with Gasteiger partial charge >= 0.3 is 0 Å². The average Bonchev–Trinajstić information content (AvgIpc) is 2.84. The van der Waals surface area contributed by atoms with Gasteiger partial charge in [0.1, 0.15) is 6.10 Å². The molecular formula is C13H16OS2. The summed E-state index contributed by atoms with van der Waals surface area (Å²) in [6.07, 6.45) is 0.601. The highest BCUT2D eigenvalue weighted by Crippen LogP contribution is 2.34. The van der Waals surface area contributed by atoms with Crippen LogP contribution in [0.15, 0.2) is 18.2 Å². The summed E-state index contributed by atoms with van der Waals surface area (Å²) in [4.78, 5) is 4.74. The minimum absolute atomic E-state index is 0.441. The Balaban J connectivity index is 2.31. The van der Waals surface area contributed by atoms with Crippen LogP contribution < -0.4 is 0 Å². The van der Waals surface area contributed by atoms with Gasteiger partial charge in [0, 0.05) is 19.5 Å². The van der Waals surface area contributed by atoms with Crippen LogP contribution in [0.3, 0.4) is 0 Å². The topological polar surface area (TPSA) is 20.2 Å². The van der Waals surface area contributed by atoms with Crippen molar-refractivity contribution in [3.05, 3.63) is 43.3 Å². The number of aryl methyl sites for hydroxylation is 3. The van der Waals surface area contributed by atoms with Gasteiger partial charge in [-0.05, 0) is 44.0 Å². The Labute approximate surface area is 104 Å². The molecule has 2 aromatic rings. The maximum Gasteiger partial charge on any atom is 0.123 e. The van der Waals surface area contributed by atoms with Crippen LogP contribution in [-0.4, -0.2) is 5.11 Å². The molecule has 0 aliphatic heterocycles. The number of hydrogen-bond acceptors (Lipinski definition) is 3. The molecule has 86 valence electrons. The predicted octanol–water partition coefficient (Wildman–Crippen LogP) is 4.07. The van der Waals surface area contributed by atoms with Crippen molar-refractivity contribution in [2.24, 2.45) is 0 Å². The molecule has 0 spiro atoms. The number of rotatable bonds is 3. The third-order valence-corrected chi connectivity index (χ3v) is 5.12. The van der Waals surface area contributed by atoms with Gasteiger partial charge in [-0.2, -0.15) is 0 Å². The molecule has 0 aliphatic carbocycles. The monoisotopic (exact) mass is 252 g/mol. The second-order valence-electron chi connectivity index (χ2n) is 3.96. The van der Waals surface area contributed by atoms with Crippen molar-refractivity contribution in [3.8, 4) is 0 Å². The lowest BCUT2D eigenvalue weighted by Gasteiger charge is -2.07. The first-order valence-corrected chi connectivity index (χ1v) is 7.08. The fourth-order valence-electron chi connectivity index (χ4n) is 1.79. The lowest BCUT2D eigenvalue weighted by Crippen LogP contribution is -1.95. The first-order chi connectivity index (χ1) is 7.61. The smallest absolute Gasteiger partial charge is 0.123 e. The van der Waals surface area contributed by atoms with E-state index in [0.717, 1.165) is 16.2 Å². The van der Waals surface area contributed by atoms with Crippen molar-refractivity contribution in [1.82, 2.24) is 0 Å². The Morgan fingerprint density at radius 3 is 2.50 bits per heavy atom. The zero-order valence-corrected chi connectivity index (χ0v) is 11.4. The van der Waals surface area contributed by atoms with Gasteiger partial charge < -0.3 is 5.11 Å². The lowest BCUT2D eigenvalue weighted by atomic mass is 10.1. The van der Waals surface area contributed by atoms with Gasteiger partial charge in [-0.1, -0.05) is 6.92 Å². The van der Waals surface area contributed by atoms with Crippen LogP contribution in [0.25, 0.3) is 0 Å². The zero-order valence-electron chi connectivity index (χ0n) is 9.78. The predicted molar refractivity (Wildman–Crippen MR) is 71.6 cm³/mol. The highest BCUT2D eigenvalue weighted by molar-refractivity contribution is 7.13. The van der Waals surface area contributed by atoms with Gasteiger partial charge in [0.15, 0.2) is 0 Å². The maximum atomic E-state index is 10.3. The Hall–Kier alpha value is -0.640. The molecule has 0 saturated carbocycles. The van der Waals surface area contributed by atoms with Crippen molar-refractivity contribution in [1.29, 1.82) is 0 Å². The van der Waals surface area contributed by atoms with E-state index in [9.17, 15) is 5.11 Å². The lowest BCUT2D eigenvalue weighted by molar-refractivity contribution is 0.227. The van der Waals surface area contributed by atoms with E-state index in [1.54, 1.807) is 22.7 Å². The summed E-state index contributed by atoms with van der Waals surface area (Å²) in [6.45, 7) is 6.29. The molecule has 1 unspecified atom stereocenters. The van der Waals surface area contributed by atoms with Crippen molar-refractivity contribution in [2.75, 3.05) is 0 Å². The molecular weight excluding hydrogens is 236 g/mol. The van der Waals surface area contributed by atoms with Gasteiger partial charge in [0.05, 0.1) is 0 Å². The van der Waals surface area contributed by atoms with Gasteiger partial charge in [-0.3, -0.25) is 0 Å². The van der Waals surface area contributed by atoms with E-state index in [2.05, 4.69) is 32.9 Å². The van der Waals surface area contributed by atoms with E-state index < -0.39 is 6.10 Å². The summed E-state index contributed by atoms with van der Waals surface area (Å²) in [5.41, 5.74) is 1.20.